The van der Waals surface area contributed by atoms with Crippen molar-refractivity contribution in [2.24, 2.45) is 0 Å². The Morgan fingerprint density at radius 1 is 1.00 bits per heavy atom. The van der Waals surface area contributed by atoms with Crippen LogP contribution in [0.4, 0.5) is 4.79 Å². The van der Waals surface area contributed by atoms with Crippen LogP contribution in [0.1, 0.15) is 52.7 Å². The summed E-state index contributed by atoms with van der Waals surface area (Å²) in [7, 11) is 0. The molecule has 1 aromatic carbocycles. The molecule has 26 heavy (non-hydrogen) atoms. The Morgan fingerprint density at radius 2 is 1.62 bits per heavy atom. The van der Waals surface area contributed by atoms with Crippen LogP contribution in [0.5, 0.6) is 5.75 Å². The van der Waals surface area contributed by atoms with Crippen LogP contribution in [-0.4, -0.2) is 37.3 Å². The van der Waals surface area contributed by atoms with E-state index in [1.165, 1.54) is 0 Å². The van der Waals surface area contributed by atoms with E-state index in [2.05, 4.69) is 37.5 Å². The van der Waals surface area contributed by atoms with E-state index in [4.69, 9.17) is 9.47 Å². The number of carbonyl (C=O) groups is 2. The Morgan fingerprint density at radius 3 is 2.19 bits per heavy atom. The second-order valence-electron chi connectivity index (χ2n) is 8.32. The molecule has 146 valence electrons. The molecule has 0 radical (unpaired) electrons. The minimum atomic E-state index is -0.542. The SMILES string of the molecule is Cc1ccc(OCC(=O)NCCNC(=O)OC(C)(C)C)c(C(C)(C)C)c1. The van der Waals surface area contributed by atoms with Gasteiger partial charge in [-0.05, 0) is 44.7 Å². The van der Waals surface area contributed by atoms with Crippen LogP contribution in [0.15, 0.2) is 18.2 Å². The average molecular weight is 364 g/mol. The second kappa shape index (κ2) is 8.92. The fraction of sp³-hybridized carbons (Fsp3) is 0.600. The predicted molar refractivity (Wildman–Crippen MR) is 103 cm³/mol. The molecule has 0 spiro atoms. The van der Waals surface area contributed by atoms with E-state index >= 15 is 0 Å². The van der Waals surface area contributed by atoms with E-state index < -0.39 is 11.7 Å². The van der Waals surface area contributed by atoms with Gasteiger partial charge in [-0.3, -0.25) is 4.79 Å². The highest BCUT2D eigenvalue weighted by Gasteiger charge is 2.20. The summed E-state index contributed by atoms with van der Waals surface area (Å²) in [5, 5.41) is 5.29. The van der Waals surface area contributed by atoms with Gasteiger partial charge in [0, 0.05) is 13.1 Å². The van der Waals surface area contributed by atoms with Crippen LogP contribution >= 0.6 is 0 Å². The van der Waals surface area contributed by atoms with E-state index in [9.17, 15) is 9.59 Å². The van der Waals surface area contributed by atoms with Crippen molar-refractivity contribution in [3.05, 3.63) is 29.3 Å². The van der Waals surface area contributed by atoms with Gasteiger partial charge in [0.05, 0.1) is 0 Å². The Balaban J connectivity index is 2.41. The monoisotopic (exact) mass is 364 g/mol. The zero-order valence-corrected chi connectivity index (χ0v) is 17.0. The van der Waals surface area contributed by atoms with Crippen molar-refractivity contribution in [3.63, 3.8) is 0 Å². The van der Waals surface area contributed by atoms with E-state index in [0.717, 1.165) is 11.1 Å². The first-order valence-corrected chi connectivity index (χ1v) is 8.86. The molecule has 0 aliphatic rings. The fourth-order valence-corrected chi connectivity index (χ4v) is 2.23. The van der Waals surface area contributed by atoms with Crippen molar-refractivity contribution in [2.75, 3.05) is 19.7 Å². The molecule has 0 atom stereocenters. The second-order valence-corrected chi connectivity index (χ2v) is 8.32. The Kier molecular flexibility index (Phi) is 7.48. The van der Waals surface area contributed by atoms with Crippen LogP contribution in [0.25, 0.3) is 0 Å². The van der Waals surface area contributed by atoms with Crippen LogP contribution in [0, 0.1) is 6.92 Å². The molecule has 0 bridgehead atoms. The zero-order valence-electron chi connectivity index (χ0n) is 17.0. The molecule has 0 aliphatic carbocycles. The number of benzene rings is 1. The zero-order chi connectivity index (χ0) is 20.0. The van der Waals surface area contributed by atoms with Crippen molar-refractivity contribution in [2.45, 2.75) is 59.5 Å². The van der Waals surface area contributed by atoms with Crippen molar-refractivity contribution in [1.29, 1.82) is 0 Å². The quantitative estimate of drug-likeness (QED) is 0.759. The average Bonchev–Trinajstić information content (AvgIpc) is 2.47. The molecule has 0 fully saturated rings. The molecule has 0 saturated heterocycles. The van der Waals surface area contributed by atoms with Gasteiger partial charge in [-0.25, -0.2) is 4.79 Å². The van der Waals surface area contributed by atoms with Gasteiger partial charge in [0.15, 0.2) is 6.61 Å². The third kappa shape index (κ3) is 8.23. The van der Waals surface area contributed by atoms with Crippen molar-refractivity contribution in [3.8, 4) is 5.75 Å². The number of hydrogen-bond acceptors (Lipinski definition) is 4. The van der Waals surface area contributed by atoms with E-state index in [1.807, 2.05) is 19.1 Å². The predicted octanol–water partition coefficient (Wildman–Crippen LogP) is 3.31. The Bertz CT molecular complexity index is 628. The lowest BCUT2D eigenvalue weighted by atomic mass is 9.85. The van der Waals surface area contributed by atoms with Gasteiger partial charge in [-0.1, -0.05) is 38.5 Å². The lowest BCUT2D eigenvalue weighted by Crippen LogP contribution is -2.39. The van der Waals surface area contributed by atoms with Gasteiger partial charge in [0.1, 0.15) is 11.4 Å². The maximum absolute atomic E-state index is 11.9. The number of ether oxygens (including phenoxy) is 2. The van der Waals surface area contributed by atoms with E-state index in [0.29, 0.717) is 18.8 Å². The molecule has 0 heterocycles. The van der Waals surface area contributed by atoms with Crippen molar-refractivity contribution < 1.29 is 19.1 Å². The number of alkyl carbamates (subject to hydrolysis) is 1. The standard InChI is InChI=1S/C20H32N2O4/c1-14-8-9-16(15(12-14)19(2,3)4)25-13-17(23)21-10-11-22-18(24)26-20(5,6)7/h8-9,12H,10-11,13H2,1-7H3,(H,21,23)(H,22,24). The van der Waals surface area contributed by atoms with Crippen LogP contribution in [0.2, 0.25) is 0 Å². The maximum Gasteiger partial charge on any atom is 0.407 e. The van der Waals surface area contributed by atoms with Crippen LogP contribution in [0.3, 0.4) is 0 Å². The van der Waals surface area contributed by atoms with E-state index in [1.54, 1.807) is 20.8 Å². The summed E-state index contributed by atoms with van der Waals surface area (Å²) in [6.45, 7) is 14.3. The van der Waals surface area contributed by atoms with Gasteiger partial charge >= 0.3 is 6.09 Å². The summed E-state index contributed by atoms with van der Waals surface area (Å²) in [5.41, 5.74) is 1.60. The number of carbonyl (C=O) groups excluding carboxylic acids is 2. The van der Waals surface area contributed by atoms with Gasteiger partial charge in [0.2, 0.25) is 0 Å². The smallest absolute Gasteiger partial charge is 0.407 e. The molecule has 0 unspecified atom stereocenters. The van der Waals surface area contributed by atoms with Gasteiger partial charge < -0.3 is 20.1 Å². The normalized spacial score (nSPS) is 11.7. The molecule has 0 aliphatic heterocycles. The van der Waals surface area contributed by atoms with Crippen molar-refractivity contribution >= 4 is 12.0 Å². The lowest BCUT2D eigenvalue weighted by molar-refractivity contribution is -0.123. The number of aryl methyl sites for hydroxylation is 1. The molecule has 0 saturated carbocycles. The fourth-order valence-electron chi connectivity index (χ4n) is 2.23. The third-order valence-electron chi connectivity index (χ3n) is 3.42. The molecule has 6 nitrogen and oxygen atoms in total. The van der Waals surface area contributed by atoms with Gasteiger partial charge in [0.25, 0.3) is 5.91 Å². The van der Waals surface area contributed by atoms with Crippen LogP contribution in [-0.2, 0) is 14.9 Å². The molecule has 2 amide bonds. The summed E-state index contributed by atoms with van der Waals surface area (Å²) in [5.74, 6) is 0.474. The number of nitrogens with one attached hydrogen (secondary N) is 2. The molecular weight excluding hydrogens is 332 g/mol. The van der Waals surface area contributed by atoms with Gasteiger partial charge in [-0.15, -0.1) is 0 Å². The largest absolute Gasteiger partial charge is 0.483 e. The topological polar surface area (TPSA) is 76.7 Å². The summed E-state index contributed by atoms with van der Waals surface area (Å²) in [6, 6.07) is 5.94. The number of rotatable bonds is 6. The molecule has 6 heteroatoms. The van der Waals surface area contributed by atoms with Gasteiger partial charge in [-0.2, -0.15) is 0 Å². The Hall–Kier alpha value is -2.24. The molecular formula is C20H32N2O4. The minimum absolute atomic E-state index is 0.0709. The summed E-state index contributed by atoms with van der Waals surface area (Å²) in [4.78, 5) is 23.4. The molecule has 1 rings (SSSR count). The molecule has 2 N–H and O–H groups in total. The highest BCUT2D eigenvalue weighted by atomic mass is 16.6. The van der Waals surface area contributed by atoms with E-state index in [-0.39, 0.29) is 17.9 Å². The summed E-state index contributed by atoms with van der Waals surface area (Å²) < 4.78 is 10.8. The molecule has 0 aromatic heterocycles. The first kappa shape index (κ1) is 21.8. The number of amides is 2. The highest BCUT2D eigenvalue weighted by molar-refractivity contribution is 5.77. The summed E-state index contributed by atoms with van der Waals surface area (Å²) in [6.07, 6.45) is -0.502. The lowest BCUT2D eigenvalue weighted by Gasteiger charge is -2.23. The maximum atomic E-state index is 11.9. The number of hydrogen-bond donors (Lipinski definition) is 2. The first-order chi connectivity index (χ1) is 11.9. The van der Waals surface area contributed by atoms with Crippen molar-refractivity contribution in [1.82, 2.24) is 10.6 Å². The molecule has 1 aromatic rings. The highest BCUT2D eigenvalue weighted by Crippen LogP contribution is 2.32. The first-order valence-electron chi connectivity index (χ1n) is 8.86. The Labute approximate surface area is 156 Å². The third-order valence-corrected chi connectivity index (χ3v) is 3.42. The van der Waals surface area contributed by atoms with Crippen LogP contribution < -0.4 is 15.4 Å². The summed E-state index contributed by atoms with van der Waals surface area (Å²) >= 11 is 0. The minimum Gasteiger partial charge on any atom is -0.483 e.